The quantitative estimate of drug-likeness (QED) is 0.687. The van der Waals surface area contributed by atoms with Crippen molar-refractivity contribution in [1.82, 2.24) is 0 Å². The number of hydrogen-bond acceptors (Lipinski definition) is 2. The molecule has 0 aliphatic heterocycles. The normalized spacial score (nSPS) is 9.08. The van der Waals surface area contributed by atoms with Gasteiger partial charge in [0.25, 0.3) is 0 Å². The summed E-state index contributed by atoms with van der Waals surface area (Å²) in [5.74, 6) is -0.562. The Hall–Kier alpha value is -1.71. The lowest BCUT2D eigenvalue weighted by atomic mass is 10.2. The fourth-order valence-electron chi connectivity index (χ4n) is 0.790. The number of rotatable bonds is 3. The molecule has 1 aromatic rings. The highest BCUT2D eigenvalue weighted by Crippen LogP contribution is 2.13. The van der Waals surface area contributed by atoms with E-state index >= 15 is 0 Å². The second kappa shape index (κ2) is 3.61. The van der Waals surface area contributed by atoms with E-state index in [-0.39, 0.29) is 5.69 Å². The van der Waals surface area contributed by atoms with Crippen molar-refractivity contribution in [3.63, 3.8) is 0 Å². The van der Waals surface area contributed by atoms with Crippen LogP contribution in [0, 0.1) is 5.82 Å². The SMILES string of the molecule is O=CNc1cc(C=O)ccc1F. The lowest BCUT2D eigenvalue weighted by molar-refractivity contribution is -0.105. The van der Waals surface area contributed by atoms with E-state index in [0.717, 1.165) is 6.07 Å². The number of carbonyl (C=O) groups is 2. The van der Waals surface area contributed by atoms with Crippen molar-refractivity contribution in [2.75, 3.05) is 5.32 Å². The Morgan fingerprint density at radius 2 is 2.08 bits per heavy atom. The topological polar surface area (TPSA) is 46.2 Å². The van der Waals surface area contributed by atoms with Gasteiger partial charge in [0, 0.05) is 5.56 Å². The second-order valence-electron chi connectivity index (χ2n) is 2.12. The Balaban J connectivity index is 3.06. The zero-order valence-corrected chi connectivity index (χ0v) is 6.08. The van der Waals surface area contributed by atoms with Crippen molar-refractivity contribution in [3.05, 3.63) is 29.6 Å². The number of hydrogen-bond donors (Lipinski definition) is 1. The Labute approximate surface area is 68.2 Å². The molecule has 0 unspecified atom stereocenters. The third kappa shape index (κ3) is 1.66. The number of aldehydes is 1. The van der Waals surface area contributed by atoms with Gasteiger partial charge in [-0.25, -0.2) is 4.39 Å². The molecule has 1 amide bonds. The molecule has 4 heteroatoms. The molecule has 0 fully saturated rings. The van der Waals surface area contributed by atoms with Crippen LogP contribution in [0.2, 0.25) is 0 Å². The van der Waals surface area contributed by atoms with Crippen molar-refractivity contribution >= 4 is 18.4 Å². The first-order valence-corrected chi connectivity index (χ1v) is 3.23. The molecule has 0 aliphatic rings. The summed E-state index contributed by atoms with van der Waals surface area (Å²) in [5, 5.41) is 2.14. The van der Waals surface area contributed by atoms with Crippen molar-refractivity contribution < 1.29 is 14.0 Å². The number of halogens is 1. The maximum Gasteiger partial charge on any atom is 0.211 e. The molecule has 0 atom stereocenters. The minimum Gasteiger partial charge on any atom is -0.326 e. The van der Waals surface area contributed by atoms with E-state index in [1.165, 1.54) is 12.1 Å². The van der Waals surface area contributed by atoms with Crippen LogP contribution in [0.3, 0.4) is 0 Å². The van der Waals surface area contributed by atoms with Gasteiger partial charge in [-0.15, -0.1) is 0 Å². The molecule has 0 saturated carbocycles. The van der Waals surface area contributed by atoms with Gasteiger partial charge in [-0.2, -0.15) is 0 Å². The van der Waals surface area contributed by atoms with Gasteiger partial charge >= 0.3 is 0 Å². The Kier molecular flexibility index (Phi) is 2.53. The molecule has 3 nitrogen and oxygen atoms in total. The van der Waals surface area contributed by atoms with Crippen molar-refractivity contribution in [1.29, 1.82) is 0 Å². The first-order chi connectivity index (χ1) is 5.77. The molecule has 0 heterocycles. The van der Waals surface area contributed by atoms with Crippen molar-refractivity contribution in [2.45, 2.75) is 0 Å². The molecular formula is C8H6FNO2. The van der Waals surface area contributed by atoms with Crippen molar-refractivity contribution in [3.8, 4) is 0 Å². The van der Waals surface area contributed by atoms with E-state index in [2.05, 4.69) is 5.32 Å². The molecule has 12 heavy (non-hydrogen) atoms. The van der Waals surface area contributed by atoms with Crippen LogP contribution in [0.15, 0.2) is 18.2 Å². The zero-order valence-electron chi connectivity index (χ0n) is 6.08. The van der Waals surface area contributed by atoms with Crippen LogP contribution in [-0.2, 0) is 4.79 Å². The average molecular weight is 167 g/mol. The molecule has 1 N–H and O–H groups in total. The monoisotopic (exact) mass is 167 g/mol. The van der Waals surface area contributed by atoms with Gasteiger partial charge in [-0.05, 0) is 18.2 Å². The molecule has 1 rings (SSSR count). The van der Waals surface area contributed by atoms with Gasteiger partial charge in [-0.1, -0.05) is 0 Å². The summed E-state index contributed by atoms with van der Waals surface area (Å²) in [6, 6.07) is 3.71. The van der Waals surface area contributed by atoms with E-state index in [0.29, 0.717) is 18.3 Å². The van der Waals surface area contributed by atoms with Gasteiger partial charge in [0.05, 0.1) is 5.69 Å². The highest BCUT2D eigenvalue weighted by atomic mass is 19.1. The predicted molar refractivity (Wildman–Crippen MR) is 41.5 cm³/mol. The van der Waals surface area contributed by atoms with Gasteiger partial charge in [-0.3, -0.25) is 9.59 Å². The molecule has 0 aromatic heterocycles. The van der Waals surface area contributed by atoms with E-state index in [4.69, 9.17) is 0 Å². The molecule has 0 saturated heterocycles. The summed E-state index contributed by atoms with van der Waals surface area (Å²) in [5.41, 5.74) is 0.329. The number of benzene rings is 1. The fraction of sp³-hybridized carbons (Fsp3) is 0. The van der Waals surface area contributed by atoms with Crippen LogP contribution in [0.25, 0.3) is 0 Å². The largest absolute Gasteiger partial charge is 0.326 e. The van der Waals surface area contributed by atoms with Crippen LogP contribution in [0.4, 0.5) is 10.1 Å². The summed E-state index contributed by atoms with van der Waals surface area (Å²) in [6.45, 7) is 0. The van der Waals surface area contributed by atoms with Crippen LogP contribution in [0.1, 0.15) is 10.4 Å². The molecule has 0 aliphatic carbocycles. The standard InChI is InChI=1S/C8H6FNO2/c9-7-2-1-6(4-11)3-8(7)10-5-12/h1-5H,(H,10,12). The zero-order chi connectivity index (χ0) is 8.97. The van der Waals surface area contributed by atoms with Gasteiger partial charge in [0.15, 0.2) is 0 Å². The second-order valence-corrected chi connectivity index (χ2v) is 2.12. The molecule has 1 aromatic carbocycles. The van der Waals surface area contributed by atoms with Crippen LogP contribution >= 0.6 is 0 Å². The van der Waals surface area contributed by atoms with Crippen LogP contribution < -0.4 is 5.32 Å². The number of anilines is 1. The Bertz CT molecular complexity index is 312. The highest BCUT2D eigenvalue weighted by molar-refractivity contribution is 5.80. The highest BCUT2D eigenvalue weighted by Gasteiger charge is 2.00. The number of amides is 1. The van der Waals surface area contributed by atoms with E-state index in [1.54, 1.807) is 0 Å². The van der Waals surface area contributed by atoms with Gasteiger partial charge < -0.3 is 5.32 Å². The summed E-state index contributed by atoms with van der Waals surface area (Å²) in [7, 11) is 0. The molecule has 0 bridgehead atoms. The maximum absolute atomic E-state index is 12.8. The third-order valence-electron chi connectivity index (χ3n) is 1.34. The fourth-order valence-corrected chi connectivity index (χ4v) is 0.790. The molecular weight excluding hydrogens is 161 g/mol. The summed E-state index contributed by atoms with van der Waals surface area (Å²) < 4.78 is 12.8. The third-order valence-corrected chi connectivity index (χ3v) is 1.34. The lowest BCUT2D eigenvalue weighted by Crippen LogP contribution is -1.97. The first-order valence-electron chi connectivity index (χ1n) is 3.23. The minimum atomic E-state index is -0.562. The smallest absolute Gasteiger partial charge is 0.211 e. The average Bonchev–Trinajstić information content (AvgIpc) is 2.09. The number of nitrogens with one attached hydrogen (secondary N) is 1. The molecule has 0 radical (unpaired) electrons. The van der Waals surface area contributed by atoms with E-state index in [1.807, 2.05) is 0 Å². The summed E-state index contributed by atoms with van der Waals surface area (Å²) >= 11 is 0. The predicted octanol–water partition coefficient (Wildman–Crippen LogP) is 1.21. The lowest BCUT2D eigenvalue weighted by Gasteiger charge is -2.00. The minimum absolute atomic E-state index is 0.00889. The first kappa shape index (κ1) is 8.39. The van der Waals surface area contributed by atoms with Crippen molar-refractivity contribution in [2.24, 2.45) is 0 Å². The Morgan fingerprint density at radius 1 is 1.33 bits per heavy atom. The molecule has 0 spiro atoms. The van der Waals surface area contributed by atoms with Crippen LogP contribution in [0.5, 0.6) is 0 Å². The Morgan fingerprint density at radius 3 is 2.67 bits per heavy atom. The van der Waals surface area contributed by atoms with Gasteiger partial charge in [0.2, 0.25) is 6.41 Å². The van der Waals surface area contributed by atoms with E-state index in [9.17, 15) is 14.0 Å². The van der Waals surface area contributed by atoms with Gasteiger partial charge in [0.1, 0.15) is 12.1 Å². The maximum atomic E-state index is 12.8. The van der Waals surface area contributed by atoms with Crippen LogP contribution in [-0.4, -0.2) is 12.7 Å². The number of carbonyl (C=O) groups excluding carboxylic acids is 2. The van der Waals surface area contributed by atoms with E-state index < -0.39 is 5.82 Å². The molecule has 62 valence electrons. The summed E-state index contributed by atoms with van der Waals surface area (Å²) in [6.07, 6.45) is 0.933. The summed E-state index contributed by atoms with van der Waals surface area (Å²) in [4.78, 5) is 20.2.